The van der Waals surface area contributed by atoms with Gasteiger partial charge in [-0.25, -0.2) is 10.8 Å². The van der Waals surface area contributed by atoms with Gasteiger partial charge in [-0.15, -0.1) is 0 Å². The molecule has 7 nitrogen and oxygen atoms in total. The summed E-state index contributed by atoms with van der Waals surface area (Å²) in [6, 6.07) is 6.25. The van der Waals surface area contributed by atoms with Crippen LogP contribution in [0.2, 0.25) is 5.02 Å². The Balaban J connectivity index is 1.78. The van der Waals surface area contributed by atoms with Gasteiger partial charge in [-0.3, -0.25) is 0 Å². The topological polar surface area (TPSA) is 88.3 Å². The molecular weight excluding hydrogens is 316 g/mol. The third-order valence-electron chi connectivity index (χ3n) is 3.71. The highest BCUT2D eigenvalue weighted by Gasteiger charge is 2.12. The predicted octanol–water partition coefficient (Wildman–Crippen LogP) is 2.30. The molecular formula is C15H19ClN6O. The molecule has 0 aliphatic carbocycles. The summed E-state index contributed by atoms with van der Waals surface area (Å²) in [5, 5.41) is 3.56. The fourth-order valence-corrected chi connectivity index (χ4v) is 2.60. The molecule has 1 fully saturated rings. The highest BCUT2D eigenvalue weighted by Crippen LogP contribution is 2.26. The smallest absolute Gasteiger partial charge is 0.229 e. The van der Waals surface area contributed by atoms with Crippen LogP contribution < -0.4 is 21.5 Å². The van der Waals surface area contributed by atoms with E-state index in [1.54, 1.807) is 0 Å². The summed E-state index contributed by atoms with van der Waals surface area (Å²) in [5.74, 6) is 6.19. The minimum Gasteiger partial charge on any atom is -0.378 e. The zero-order valence-corrected chi connectivity index (χ0v) is 13.6. The molecule has 2 heterocycles. The number of halogens is 1. The number of nitrogens with one attached hydrogen (secondary N) is 2. The monoisotopic (exact) mass is 334 g/mol. The molecule has 0 unspecified atom stereocenters. The molecule has 4 N–H and O–H groups in total. The molecule has 1 saturated heterocycles. The zero-order chi connectivity index (χ0) is 16.2. The maximum atomic E-state index is 5.93. The second kappa shape index (κ2) is 6.99. The Hall–Kier alpha value is -2.09. The maximum Gasteiger partial charge on any atom is 0.229 e. The first-order valence-electron chi connectivity index (χ1n) is 7.37. The van der Waals surface area contributed by atoms with Crippen LogP contribution >= 0.6 is 11.6 Å². The summed E-state index contributed by atoms with van der Waals surface area (Å²) < 4.78 is 5.39. The van der Waals surface area contributed by atoms with Gasteiger partial charge in [-0.05, 0) is 30.7 Å². The molecule has 0 saturated carbocycles. The first kappa shape index (κ1) is 15.8. The van der Waals surface area contributed by atoms with Crippen molar-refractivity contribution >= 4 is 34.7 Å². The Morgan fingerprint density at radius 3 is 2.78 bits per heavy atom. The van der Waals surface area contributed by atoms with E-state index in [9.17, 15) is 0 Å². The van der Waals surface area contributed by atoms with Gasteiger partial charge in [0, 0.05) is 24.5 Å². The van der Waals surface area contributed by atoms with E-state index in [1.807, 2.05) is 13.0 Å². The lowest BCUT2D eigenvalue weighted by molar-refractivity contribution is 0.122. The number of nitrogens with zero attached hydrogens (tertiary/aromatic N) is 3. The lowest BCUT2D eigenvalue weighted by Crippen LogP contribution is -2.36. The SMILES string of the molecule is Cc1cc(N2CCOCC2)ccc1Nc1ncc(Cl)c(NN)n1. The van der Waals surface area contributed by atoms with Gasteiger partial charge in [-0.1, -0.05) is 11.6 Å². The highest BCUT2D eigenvalue weighted by atomic mass is 35.5. The van der Waals surface area contributed by atoms with Crippen molar-refractivity contribution in [3.05, 3.63) is 35.0 Å². The average Bonchev–Trinajstić information content (AvgIpc) is 2.59. The van der Waals surface area contributed by atoms with Gasteiger partial charge in [0.15, 0.2) is 5.82 Å². The van der Waals surface area contributed by atoms with Crippen LogP contribution in [0.25, 0.3) is 0 Å². The molecule has 1 aromatic heterocycles. The maximum absolute atomic E-state index is 5.93. The van der Waals surface area contributed by atoms with Crippen molar-refractivity contribution in [2.24, 2.45) is 5.84 Å². The third kappa shape index (κ3) is 3.64. The van der Waals surface area contributed by atoms with Crippen LogP contribution in [-0.4, -0.2) is 36.3 Å². The van der Waals surface area contributed by atoms with Gasteiger partial charge in [-0.2, -0.15) is 4.98 Å². The van der Waals surface area contributed by atoms with Gasteiger partial charge in [0.1, 0.15) is 5.02 Å². The van der Waals surface area contributed by atoms with Crippen molar-refractivity contribution in [2.75, 3.05) is 41.9 Å². The molecule has 1 aliphatic heterocycles. The number of benzene rings is 1. The van der Waals surface area contributed by atoms with Crippen molar-refractivity contribution in [2.45, 2.75) is 6.92 Å². The van der Waals surface area contributed by atoms with E-state index in [1.165, 1.54) is 11.9 Å². The summed E-state index contributed by atoms with van der Waals surface area (Å²) in [6.45, 7) is 5.42. The Morgan fingerprint density at radius 1 is 1.30 bits per heavy atom. The summed E-state index contributed by atoms with van der Waals surface area (Å²) in [5.41, 5.74) is 5.68. The van der Waals surface area contributed by atoms with E-state index in [0.29, 0.717) is 16.8 Å². The van der Waals surface area contributed by atoms with Crippen molar-refractivity contribution in [3.63, 3.8) is 0 Å². The van der Waals surface area contributed by atoms with E-state index in [0.717, 1.165) is 37.6 Å². The molecule has 1 aliphatic rings. The van der Waals surface area contributed by atoms with E-state index in [4.69, 9.17) is 22.2 Å². The minimum atomic E-state index is 0.373. The molecule has 3 rings (SSSR count). The molecule has 0 spiro atoms. The van der Waals surface area contributed by atoms with Crippen molar-refractivity contribution in [3.8, 4) is 0 Å². The largest absolute Gasteiger partial charge is 0.378 e. The molecule has 0 radical (unpaired) electrons. The van der Waals surface area contributed by atoms with Crippen molar-refractivity contribution in [1.82, 2.24) is 9.97 Å². The summed E-state index contributed by atoms with van der Waals surface area (Å²) in [7, 11) is 0. The molecule has 8 heteroatoms. The van der Waals surface area contributed by atoms with Crippen LogP contribution in [0, 0.1) is 6.92 Å². The standard InChI is InChI=1S/C15H19ClN6O/c1-10-8-11(22-4-6-23-7-5-22)2-3-13(10)19-15-18-9-12(16)14(20-15)21-17/h2-3,8-9H,4-7,17H2,1H3,(H2,18,19,20,21). The molecule has 0 bridgehead atoms. The number of hydrogen-bond acceptors (Lipinski definition) is 7. The molecule has 0 atom stereocenters. The number of nitrogen functional groups attached to an aromatic ring is 1. The van der Waals surface area contributed by atoms with E-state index < -0.39 is 0 Å². The Bertz CT molecular complexity index is 690. The molecule has 1 aromatic carbocycles. The second-order valence-corrected chi connectivity index (χ2v) is 5.67. The van der Waals surface area contributed by atoms with Crippen LogP contribution in [-0.2, 0) is 4.74 Å². The quantitative estimate of drug-likeness (QED) is 0.584. The van der Waals surface area contributed by atoms with Crippen LogP contribution in [0.5, 0.6) is 0 Å². The van der Waals surface area contributed by atoms with E-state index >= 15 is 0 Å². The fourth-order valence-electron chi connectivity index (χ4n) is 2.46. The molecule has 122 valence electrons. The summed E-state index contributed by atoms with van der Waals surface area (Å²) in [4.78, 5) is 10.7. The van der Waals surface area contributed by atoms with Crippen molar-refractivity contribution in [1.29, 1.82) is 0 Å². The van der Waals surface area contributed by atoms with Crippen LogP contribution in [0.15, 0.2) is 24.4 Å². The van der Waals surface area contributed by atoms with Gasteiger partial charge in [0.25, 0.3) is 0 Å². The predicted molar refractivity (Wildman–Crippen MR) is 92.3 cm³/mol. The number of hydrazine groups is 1. The molecule has 23 heavy (non-hydrogen) atoms. The number of aromatic nitrogens is 2. The number of aryl methyl sites for hydroxylation is 1. The van der Waals surface area contributed by atoms with Gasteiger partial charge in [0.2, 0.25) is 5.95 Å². The molecule has 0 amide bonds. The number of morpholine rings is 1. The van der Waals surface area contributed by atoms with Crippen LogP contribution in [0.4, 0.5) is 23.1 Å². The molecule has 2 aromatic rings. The summed E-state index contributed by atoms with van der Waals surface area (Å²) in [6.07, 6.45) is 1.50. The Kier molecular flexibility index (Phi) is 4.80. The second-order valence-electron chi connectivity index (χ2n) is 5.26. The fraction of sp³-hybridized carbons (Fsp3) is 0.333. The zero-order valence-electron chi connectivity index (χ0n) is 12.8. The summed E-state index contributed by atoms with van der Waals surface area (Å²) >= 11 is 5.93. The lowest BCUT2D eigenvalue weighted by Gasteiger charge is -2.29. The third-order valence-corrected chi connectivity index (χ3v) is 3.99. The lowest BCUT2D eigenvalue weighted by atomic mass is 10.1. The van der Waals surface area contributed by atoms with Gasteiger partial charge < -0.3 is 20.4 Å². The van der Waals surface area contributed by atoms with Crippen molar-refractivity contribution < 1.29 is 4.74 Å². The number of nitrogens with two attached hydrogens (primary N) is 1. The minimum absolute atomic E-state index is 0.373. The van der Waals surface area contributed by atoms with E-state index in [2.05, 4.69) is 37.7 Å². The first-order valence-corrected chi connectivity index (χ1v) is 7.74. The highest BCUT2D eigenvalue weighted by molar-refractivity contribution is 6.32. The number of ether oxygens (including phenoxy) is 1. The van der Waals surface area contributed by atoms with Gasteiger partial charge >= 0.3 is 0 Å². The number of hydrogen-bond donors (Lipinski definition) is 3. The average molecular weight is 335 g/mol. The van der Waals surface area contributed by atoms with Crippen LogP contribution in [0.1, 0.15) is 5.56 Å². The first-order chi connectivity index (χ1) is 11.2. The number of anilines is 4. The van der Waals surface area contributed by atoms with Crippen LogP contribution in [0.3, 0.4) is 0 Å². The normalized spacial score (nSPS) is 14.7. The van der Waals surface area contributed by atoms with E-state index in [-0.39, 0.29) is 0 Å². The van der Waals surface area contributed by atoms with Gasteiger partial charge in [0.05, 0.1) is 19.4 Å². The Morgan fingerprint density at radius 2 is 2.09 bits per heavy atom. The number of rotatable bonds is 4. The Labute approximate surface area is 139 Å².